The van der Waals surface area contributed by atoms with Crippen LogP contribution in [0.25, 0.3) is 11.0 Å². The van der Waals surface area contributed by atoms with Gasteiger partial charge in [-0.3, -0.25) is 14.9 Å². The summed E-state index contributed by atoms with van der Waals surface area (Å²) in [5.41, 5.74) is 3.16. The van der Waals surface area contributed by atoms with Crippen molar-refractivity contribution in [3.05, 3.63) is 64.6 Å². The summed E-state index contributed by atoms with van der Waals surface area (Å²) >= 11 is 5.38. The van der Waals surface area contributed by atoms with Crippen LogP contribution in [0.5, 0.6) is 0 Å². The van der Waals surface area contributed by atoms with E-state index in [1.165, 1.54) is 6.20 Å². The summed E-state index contributed by atoms with van der Waals surface area (Å²) in [6.07, 6.45) is 1.27. The number of amides is 1. The third-order valence-electron chi connectivity index (χ3n) is 5.05. The molecule has 1 fully saturated rings. The molecule has 30 heavy (non-hydrogen) atoms. The normalized spacial score (nSPS) is 14.5. The number of aromatic nitrogens is 2. The lowest BCUT2D eigenvalue weighted by molar-refractivity contribution is 0.0977. The van der Waals surface area contributed by atoms with E-state index in [1.54, 1.807) is 30.3 Å². The van der Waals surface area contributed by atoms with Gasteiger partial charge in [0.15, 0.2) is 5.11 Å². The Labute approximate surface area is 178 Å². The number of likely N-dealkylation sites (N-methyl/N-ethyl adjacent to an activating group) is 1. The number of rotatable bonds is 3. The second-order valence-electron chi connectivity index (χ2n) is 7.20. The second kappa shape index (κ2) is 8.60. The molecule has 3 aromatic rings. The third kappa shape index (κ3) is 4.47. The molecule has 0 unspecified atom stereocenters. The highest BCUT2D eigenvalue weighted by Gasteiger charge is 2.19. The van der Waals surface area contributed by atoms with Gasteiger partial charge in [0.2, 0.25) is 0 Å². The van der Waals surface area contributed by atoms with Gasteiger partial charge in [-0.05, 0) is 43.5 Å². The minimum atomic E-state index is -0.287. The highest BCUT2D eigenvalue weighted by molar-refractivity contribution is 7.80. The summed E-state index contributed by atoms with van der Waals surface area (Å²) in [7, 11) is 2.09. The number of thiocarbonyl (C=S) groups is 1. The van der Waals surface area contributed by atoms with Crippen molar-refractivity contribution in [1.82, 2.24) is 20.2 Å². The van der Waals surface area contributed by atoms with Gasteiger partial charge in [-0.1, -0.05) is 18.2 Å². The highest BCUT2D eigenvalue weighted by Crippen LogP contribution is 2.30. The first-order chi connectivity index (χ1) is 14.5. The van der Waals surface area contributed by atoms with Crippen molar-refractivity contribution in [3.8, 4) is 0 Å². The van der Waals surface area contributed by atoms with E-state index in [9.17, 15) is 9.59 Å². The lowest BCUT2D eigenvalue weighted by Crippen LogP contribution is -2.45. The van der Waals surface area contributed by atoms with Crippen LogP contribution >= 0.6 is 12.2 Å². The van der Waals surface area contributed by atoms with Gasteiger partial charge in [-0.15, -0.1) is 0 Å². The molecule has 1 aliphatic heterocycles. The smallest absolute Gasteiger partial charge is 0.266 e. The van der Waals surface area contributed by atoms with Gasteiger partial charge in [0.05, 0.1) is 28.6 Å². The quantitative estimate of drug-likeness (QED) is 0.554. The molecule has 1 amide bonds. The zero-order valence-electron chi connectivity index (χ0n) is 16.5. The maximum absolute atomic E-state index is 12.4. The van der Waals surface area contributed by atoms with Gasteiger partial charge >= 0.3 is 0 Å². The first kappa shape index (κ1) is 20.0. The van der Waals surface area contributed by atoms with Crippen LogP contribution in [0.1, 0.15) is 10.4 Å². The number of carbonyl (C=O) groups excluding carboxylic acids is 1. The number of H-pyrrole nitrogens is 1. The highest BCUT2D eigenvalue weighted by atomic mass is 32.1. The molecule has 1 saturated heterocycles. The fourth-order valence-electron chi connectivity index (χ4n) is 3.40. The monoisotopic (exact) mass is 422 g/mol. The van der Waals surface area contributed by atoms with E-state index in [1.807, 2.05) is 12.1 Å². The van der Waals surface area contributed by atoms with E-state index in [-0.39, 0.29) is 16.6 Å². The molecule has 3 N–H and O–H groups in total. The Morgan fingerprint density at radius 1 is 1.13 bits per heavy atom. The number of benzene rings is 2. The largest absolute Gasteiger partial charge is 0.367 e. The molecule has 0 radical (unpaired) electrons. The van der Waals surface area contributed by atoms with Gasteiger partial charge in [0.25, 0.3) is 11.5 Å². The zero-order valence-corrected chi connectivity index (χ0v) is 17.3. The minimum absolute atomic E-state index is 0.185. The van der Waals surface area contributed by atoms with Crippen LogP contribution in [0.4, 0.5) is 11.4 Å². The molecule has 1 aromatic heterocycles. The van der Waals surface area contributed by atoms with E-state index in [4.69, 9.17) is 12.2 Å². The molecule has 0 saturated carbocycles. The fourth-order valence-corrected chi connectivity index (χ4v) is 3.61. The Hall–Kier alpha value is -3.30. The summed E-state index contributed by atoms with van der Waals surface area (Å²) in [5, 5.41) is 6.02. The summed E-state index contributed by atoms with van der Waals surface area (Å²) in [6.45, 7) is 3.57. The predicted octanol–water partition coefficient (Wildman–Crippen LogP) is 1.80. The Morgan fingerprint density at radius 2 is 1.87 bits per heavy atom. The number of nitrogens with zero attached hydrogens (tertiary/aromatic N) is 3. The number of carbonyl (C=O) groups is 1. The zero-order chi connectivity index (χ0) is 21.1. The Morgan fingerprint density at radius 3 is 2.60 bits per heavy atom. The molecular weight excluding hydrogens is 400 g/mol. The molecule has 9 heteroatoms. The lowest BCUT2D eigenvalue weighted by atomic mass is 10.2. The van der Waals surface area contributed by atoms with Crippen LogP contribution in [-0.4, -0.2) is 59.1 Å². The molecule has 0 bridgehead atoms. The van der Waals surface area contributed by atoms with Crippen molar-refractivity contribution >= 4 is 45.6 Å². The maximum atomic E-state index is 12.4. The van der Waals surface area contributed by atoms with Gasteiger partial charge in [-0.2, -0.15) is 0 Å². The number of hydrogen-bond donors (Lipinski definition) is 3. The SMILES string of the molecule is CN1CCN(c2cc3ncc(=O)[nH]c3cc2NC(=S)NC(=O)c2ccccc2)CC1. The molecule has 4 rings (SSSR count). The molecule has 8 nitrogen and oxygen atoms in total. The third-order valence-corrected chi connectivity index (χ3v) is 5.25. The average molecular weight is 423 g/mol. The van der Waals surface area contributed by atoms with E-state index < -0.39 is 0 Å². The van der Waals surface area contributed by atoms with E-state index in [0.717, 1.165) is 31.9 Å². The van der Waals surface area contributed by atoms with Gasteiger partial charge in [-0.25, -0.2) is 4.98 Å². The van der Waals surface area contributed by atoms with Crippen LogP contribution in [-0.2, 0) is 0 Å². The standard InChI is InChI=1S/C21H22N6O2S/c1-26-7-9-27(10-8-26)18-12-15-16(23-19(28)13-22-15)11-17(18)24-21(30)25-20(29)14-5-3-2-4-6-14/h2-6,11-13H,7-10H2,1H3,(H,23,28)(H2,24,25,29,30). The van der Waals surface area contributed by atoms with E-state index in [0.29, 0.717) is 22.3 Å². The topological polar surface area (TPSA) is 93.4 Å². The van der Waals surface area contributed by atoms with Crippen molar-refractivity contribution in [2.24, 2.45) is 0 Å². The molecule has 1 aliphatic rings. The van der Waals surface area contributed by atoms with Gasteiger partial charge < -0.3 is 20.1 Å². The molecule has 0 spiro atoms. The minimum Gasteiger partial charge on any atom is -0.367 e. The van der Waals surface area contributed by atoms with E-state index >= 15 is 0 Å². The maximum Gasteiger partial charge on any atom is 0.266 e. The summed E-state index contributed by atoms with van der Waals surface area (Å²) in [4.78, 5) is 35.7. The van der Waals surface area contributed by atoms with Crippen LogP contribution in [0.15, 0.2) is 53.5 Å². The second-order valence-corrected chi connectivity index (χ2v) is 7.61. The molecule has 154 valence electrons. The Balaban J connectivity index is 1.62. The number of hydrogen-bond acceptors (Lipinski definition) is 6. The van der Waals surface area contributed by atoms with Crippen molar-refractivity contribution in [3.63, 3.8) is 0 Å². The number of piperazine rings is 1. The van der Waals surface area contributed by atoms with Crippen molar-refractivity contribution in [2.75, 3.05) is 43.4 Å². The lowest BCUT2D eigenvalue weighted by Gasteiger charge is -2.35. The van der Waals surface area contributed by atoms with E-state index in [2.05, 4.69) is 37.4 Å². The molecule has 0 aliphatic carbocycles. The van der Waals surface area contributed by atoms with Gasteiger partial charge in [0, 0.05) is 31.7 Å². The van der Waals surface area contributed by atoms with Crippen molar-refractivity contribution in [2.45, 2.75) is 0 Å². The van der Waals surface area contributed by atoms with Crippen molar-refractivity contribution in [1.29, 1.82) is 0 Å². The number of fused-ring (bicyclic) bond motifs is 1. The van der Waals surface area contributed by atoms with Crippen molar-refractivity contribution < 1.29 is 4.79 Å². The van der Waals surface area contributed by atoms with Crippen LogP contribution in [0, 0.1) is 0 Å². The first-order valence-corrected chi connectivity index (χ1v) is 10.0. The summed E-state index contributed by atoms with van der Waals surface area (Å²) < 4.78 is 0. The number of anilines is 2. The molecule has 2 aromatic carbocycles. The first-order valence-electron chi connectivity index (χ1n) is 9.63. The fraction of sp³-hybridized carbons (Fsp3) is 0.238. The summed E-state index contributed by atoms with van der Waals surface area (Å²) in [5.74, 6) is -0.287. The molecule has 0 atom stereocenters. The number of nitrogens with one attached hydrogen (secondary N) is 3. The number of aromatic amines is 1. The molecular formula is C21H22N6O2S. The van der Waals surface area contributed by atoms with Crippen LogP contribution in [0.3, 0.4) is 0 Å². The summed E-state index contributed by atoms with van der Waals surface area (Å²) in [6, 6.07) is 12.6. The van der Waals surface area contributed by atoms with Gasteiger partial charge in [0.1, 0.15) is 0 Å². The van der Waals surface area contributed by atoms with Crippen LogP contribution in [0.2, 0.25) is 0 Å². The molecule has 2 heterocycles. The van der Waals surface area contributed by atoms with Crippen LogP contribution < -0.4 is 21.1 Å². The Kier molecular flexibility index (Phi) is 5.73. The Bertz CT molecular complexity index is 1140. The average Bonchev–Trinajstić information content (AvgIpc) is 2.74. The predicted molar refractivity (Wildman–Crippen MR) is 122 cm³/mol.